The SMILES string of the molecule is N=C(N)c1ccc(OC2CCOC3(CCOC3)C2)c(F)c1. The fourth-order valence-electron chi connectivity index (χ4n) is 2.89. The van der Waals surface area contributed by atoms with Gasteiger partial charge in [-0.3, -0.25) is 5.41 Å². The van der Waals surface area contributed by atoms with Crippen LogP contribution in [0.3, 0.4) is 0 Å². The summed E-state index contributed by atoms with van der Waals surface area (Å²) in [7, 11) is 0. The molecule has 6 heteroatoms. The lowest BCUT2D eigenvalue weighted by Crippen LogP contribution is -2.44. The predicted octanol–water partition coefficient (Wildman–Crippen LogP) is 1.83. The van der Waals surface area contributed by atoms with Gasteiger partial charge in [0, 0.05) is 31.4 Å². The van der Waals surface area contributed by atoms with Gasteiger partial charge in [0.2, 0.25) is 0 Å². The summed E-state index contributed by atoms with van der Waals surface area (Å²) in [5.41, 5.74) is 5.43. The molecular formula is C15H19FN2O3. The van der Waals surface area contributed by atoms with Gasteiger partial charge in [0.05, 0.1) is 18.8 Å². The number of hydrogen-bond donors (Lipinski definition) is 2. The van der Waals surface area contributed by atoms with Crippen molar-refractivity contribution in [1.82, 2.24) is 0 Å². The molecule has 21 heavy (non-hydrogen) atoms. The number of ether oxygens (including phenoxy) is 3. The van der Waals surface area contributed by atoms with Crippen LogP contribution in [0.2, 0.25) is 0 Å². The molecule has 0 radical (unpaired) electrons. The third kappa shape index (κ3) is 3.01. The Hall–Kier alpha value is -1.66. The van der Waals surface area contributed by atoms with Crippen LogP contribution in [0.25, 0.3) is 0 Å². The lowest BCUT2D eigenvalue weighted by molar-refractivity contribution is -0.112. The summed E-state index contributed by atoms with van der Waals surface area (Å²) in [6.07, 6.45) is 2.22. The van der Waals surface area contributed by atoms with Crippen molar-refractivity contribution in [1.29, 1.82) is 5.41 Å². The number of nitrogens with two attached hydrogens (primary N) is 1. The molecule has 1 aromatic rings. The minimum Gasteiger partial charge on any atom is -0.487 e. The zero-order valence-corrected chi connectivity index (χ0v) is 11.7. The van der Waals surface area contributed by atoms with Crippen molar-refractivity contribution in [2.75, 3.05) is 19.8 Å². The summed E-state index contributed by atoms with van der Waals surface area (Å²) in [5, 5.41) is 7.30. The second-order valence-corrected chi connectivity index (χ2v) is 5.63. The van der Waals surface area contributed by atoms with Crippen molar-refractivity contribution in [3.05, 3.63) is 29.6 Å². The summed E-state index contributed by atoms with van der Waals surface area (Å²) in [6, 6.07) is 4.35. The molecule has 0 amide bonds. The quantitative estimate of drug-likeness (QED) is 0.658. The second kappa shape index (κ2) is 5.61. The van der Waals surface area contributed by atoms with Crippen LogP contribution < -0.4 is 10.5 Å². The maximum Gasteiger partial charge on any atom is 0.165 e. The molecule has 0 aromatic heterocycles. The van der Waals surface area contributed by atoms with E-state index in [1.165, 1.54) is 12.1 Å². The van der Waals surface area contributed by atoms with E-state index in [0.717, 1.165) is 12.8 Å². The lowest BCUT2D eigenvalue weighted by atomic mass is 9.91. The first-order valence-electron chi connectivity index (χ1n) is 7.10. The molecule has 0 aliphatic carbocycles. The normalized spacial score (nSPS) is 28.7. The Bertz CT molecular complexity index is 544. The van der Waals surface area contributed by atoms with E-state index in [9.17, 15) is 4.39 Å². The highest BCUT2D eigenvalue weighted by atomic mass is 19.1. The fraction of sp³-hybridized carbons (Fsp3) is 0.533. The molecule has 2 saturated heterocycles. The molecule has 0 bridgehead atoms. The van der Waals surface area contributed by atoms with Gasteiger partial charge < -0.3 is 19.9 Å². The van der Waals surface area contributed by atoms with E-state index in [4.69, 9.17) is 25.4 Å². The Labute approximate surface area is 122 Å². The lowest BCUT2D eigenvalue weighted by Gasteiger charge is -2.37. The Kier molecular flexibility index (Phi) is 3.82. The minimum absolute atomic E-state index is 0.0851. The van der Waals surface area contributed by atoms with Crippen LogP contribution in [0.4, 0.5) is 4.39 Å². The monoisotopic (exact) mass is 294 g/mol. The van der Waals surface area contributed by atoms with Crippen LogP contribution in [-0.2, 0) is 9.47 Å². The van der Waals surface area contributed by atoms with Crippen LogP contribution in [0.1, 0.15) is 24.8 Å². The topological polar surface area (TPSA) is 77.6 Å². The van der Waals surface area contributed by atoms with E-state index in [2.05, 4.69) is 0 Å². The number of benzene rings is 1. The van der Waals surface area contributed by atoms with Gasteiger partial charge in [-0.25, -0.2) is 4.39 Å². The van der Waals surface area contributed by atoms with Gasteiger partial charge in [0.15, 0.2) is 11.6 Å². The third-order valence-electron chi connectivity index (χ3n) is 4.05. The van der Waals surface area contributed by atoms with Gasteiger partial charge >= 0.3 is 0 Å². The summed E-state index contributed by atoms with van der Waals surface area (Å²) in [4.78, 5) is 0. The highest BCUT2D eigenvalue weighted by molar-refractivity contribution is 5.95. The standard InChI is InChI=1S/C15H19FN2O3/c16-12-7-10(14(17)18)1-2-13(12)21-11-3-5-20-15(8-11)4-6-19-9-15/h1-2,7,11H,3-6,8-9H2,(H3,17,18). The van der Waals surface area contributed by atoms with E-state index < -0.39 is 5.82 Å². The summed E-state index contributed by atoms with van der Waals surface area (Å²) in [6.45, 7) is 1.88. The molecule has 0 saturated carbocycles. The molecule has 2 aliphatic rings. The van der Waals surface area contributed by atoms with Crippen molar-refractivity contribution >= 4 is 5.84 Å². The van der Waals surface area contributed by atoms with Crippen molar-refractivity contribution in [2.45, 2.75) is 31.0 Å². The molecule has 114 valence electrons. The first kappa shape index (κ1) is 14.3. The minimum atomic E-state index is -0.495. The molecule has 2 heterocycles. The van der Waals surface area contributed by atoms with Crippen LogP contribution in [0.15, 0.2) is 18.2 Å². The molecule has 2 atom stereocenters. The zero-order chi connectivity index (χ0) is 14.9. The van der Waals surface area contributed by atoms with E-state index in [1.807, 2.05) is 0 Å². The van der Waals surface area contributed by atoms with E-state index >= 15 is 0 Å². The largest absolute Gasteiger partial charge is 0.487 e. The Balaban J connectivity index is 1.70. The number of nitrogens with one attached hydrogen (secondary N) is 1. The number of nitrogen functional groups attached to an aromatic ring is 1. The van der Waals surface area contributed by atoms with E-state index in [1.54, 1.807) is 6.07 Å². The molecule has 3 N–H and O–H groups in total. The summed E-state index contributed by atoms with van der Waals surface area (Å²) >= 11 is 0. The van der Waals surface area contributed by atoms with Crippen LogP contribution >= 0.6 is 0 Å². The summed E-state index contributed by atoms with van der Waals surface area (Å²) in [5.74, 6) is -0.458. The number of hydrogen-bond acceptors (Lipinski definition) is 4. The van der Waals surface area contributed by atoms with Gasteiger partial charge in [0.25, 0.3) is 0 Å². The maximum absolute atomic E-state index is 14.0. The Morgan fingerprint density at radius 3 is 2.95 bits per heavy atom. The molecule has 1 spiro atoms. The van der Waals surface area contributed by atoms with Crippen molar-refractivity contribution in [3.63, 3.8) is 0 Å². The average molecular weight is 294 g/mol. The highest BCUT2D eigenvalue weighted by Gasteiger charge is 2.41. The molecule has 1 aromatic carbocycles. The highest BCUT2D eigenvalue weighted by Crippen LogP contribution is 2.35. The second-order valence-electron chi connectivity index (χ2n) is 5.63. The van der Waals surface area contributed by atoms with Gasteiger partial charge in [-0.15, -0.1) is 0 Å². The van der Waals surface area contributed by atoms with Crippen molar-refractivity contribution < 1.29 is 18.6 Å². The molecule has 5 nitrogen and oxygen atoms in total. The molecule has 3 rings (SSSR count). The number of rotatable bonds is 3. The fourth-order valence-corrected chi connectivity index (χ4v) is 2.89. The molecule has 2 aliphatic heterocycles. The maximum atomic E-state index is 14.0. The first-order valence-corrected chi connectivity index (χ1v) is 7.10. The van der Waals surface area contributed by atoms with Crippen molar-refractivity contribution in [3.8, 4) is 5.75 Å². The van der Waals surface area contributed by atoms with Gasteiger partial charge in [-0.2, -0.15) is 0 Å². The first-order chi connectivity index (χ1) is 10.1. The van der Waals surface area contributed by atoms with Gasteiger partial charge in [0.1, 0.15) is 11.9 Å². The number of halogens is 1. The predicted molar refractivity (Wildman–Crippen MR) is 75.2 cm³/mol. The average Bonchev–Trinajstić information content (AvgIpc) is 2.89. The van der Waals surface area contributed by atoms with Crippen LogP contribution in [0, 0.1) is 11.2 Å². The molecule has 2 unspecified atom stereocenters. The third-order valence-corrected chi connectivity index (χ3v) is 4.05. The molecule has 2 fully saturated rings. The van der Waals surface area contributed by atoms with Crippen molar-refractivity contribution in [2.24, 2.45) is 5.73 Å². The van der Waals surface area contributed by atoms with Gasteiger partial charge in [-0.05, 0) is 18.2 Å². The Morgan fingerprint density at radius 2 is 2.29 bits per heavy atom. The summed E-state index contributed by atoms with van der Waals surface area (Å²) < 4.78 is 31.0. The van der Waals surface area contributed by atoms with E-state index in [0.29, 0.717) is 31.8 Å². The molecular weight excluding hydrogens is 275 g/mol. The number of amidine groups is 1. The Morgan fingerprint density at radius 1 is 1.43 bits per heavy atom. The van der Waals surface area contributed by atoms with Crippen LogP contribution in [-0.4, -0.2) is 37.4 Å². The van der Waals surface area contributed by atoms with Gasteiger partial charge in [-0.1, -0.05) is 0 Å². The zero-order valence-electron chi connectivity index (χ0n) is 11.7. The van der Waals surface area contributed by atoms with Crippen LogP contribution in [0.5, 0.6) is 5.75 Å². The smallest absolute Gasteiger partial charge is 0.165 e. The van der Waals surface area contributed by atoms with E-state index in [-0.39, 0.29) is 23.3 Å².